The van der Waals surface area contributed by atoms with Crippen molar-refractivity contribution < 1.29 is 4.74 Å². The molecule has 1 aromatic rings. The van der Waals surface area contributed by atoms with E-state index in [4.69, 9.17) is 10.5 Å². The molecule has 4 nitrogen and oxygen atoms in total. The van der Waals surface area contributed by atoms with E-state index in [0.29, 0.717) is 30.3 Å². The summed E-state index contributed by atoms with van der Waals surface area (Å²) in [6.07, 6.45) is 8.27. The van der Waals surface area contributed by atoms with Gasteiger partial charge >= 0.3 is 6.01 Å². The van der Waals surface area contributed by atoms with Gasteiger partial charge in [0.05, 0.1) is 6.61 Å². The molecule has 1 aromatic heterocycles. The van der Waals surface area contributed by atoms with Crippen molar-refractivity contribution in [3.05, 3.63) is 24.4 Å². The van der Waals surface area contributed by atoms with Gasteiger partial charge in [0.1, 0.15) is 5.82 Å². The number of hydrogen-bond donors (Lipinski definition) is 1. The van der Waals surface area contributed by atoms with Crippen molar-refractivity contribution >= 4 is 5.82 Å². The van der Waals surface area contributed by atoms with Gasteiger partial charge in [0.2, 0.25) is 0 Å². The number of nitrogens with two attached hydrogens (primary N) is 1. The number of hydrogen-bond acceptors (Lipinski definition) is 4. The van der Waals surface area contributed by atoms with Crippen molar-refractivity contribution in [2.75, 3.05) is 12.3 Å². The molecule has 0 aliphatic heterocycles. The van der Waals surface area contributed by atoms with Gasteiger partial charge in [-0.3, -0.25) is 0 Å². The predicted octanol–water partition coefficient (Wildman–Crippen LogP) is 2.04. The highest BCUT2D eigenvalue weighted by Crippen LogP contribution is 2.25. The lowest BCUT2D eigenvalue weighted by Gasteiger charge is -2.24. The van der Waals surface area contributed by atoms with Crippen molar-refractivity contribution in [3.8, 4) is 6.01 Å². The Kier molecular flexibility index (Phi) is 3.39. The van der Waals surface area contributed by atoms with Crippen molar-refractivity contribution in [2.45, 2.75) is 19.8 Å². The summed E-state index contributed by atoms with van der Waals surface area (Å²) in [6.45, 7) is 2.91. The summed E-state index contributed by atoms with van der Waals surface area (Å²) in [7, 11) is 0. The summed E-state index contributed by atoms with van der Waals surface area (Å²) in [5, 5.41) is 0. The molecule has 4 heteroatoms. The third-order valence-corrected chi connectivity index (χ3v) is 3.00. The van der Waals surface area contributed by atoms with Gasteiger partial charge in [0, 0.05) is 6.20 Å². The zero-order chi connectivity index (χ0) is 11.4. The van der Waals surface area contributed by atoms with E-state index in [-0.39, 0.29) is 0 Å². The molecule has 0 bridgehead atoms. The van der Waals surface area contributed by atoms with Crippen LogP contribution in [0, 0.1) is 11.8 Å². The second-order valence-electron chi connectivity index (χ2n) is 4.26. The monoisotopic (exact) mass is 219 g/mol. The molecule has 2 rings (SSSR count). The van der Waals surface area contributed by atoms with Gasteiger partial charge in [-0.2, -0.15) is 4.98 Å². The minimum Gasteiger partial charge on any atom is -0.463 e. The van der Waals surface area contributed by atoms with E-state index in [2.05, 4.69) is 29.0 Å². The fraction of sp³-hybridized carbons (Fsp3) is 0.500. The standard InChI is InChI=1S/C12H17N3O/c1-9-4-2-3-5-10(9)8-16-12-14-7-6-11(13)15-12/h2-3,6-7,9-10H,4-5,8H2,1H3,(H2,13,14,15). The maximum Gasteiger partial charge on any atom is 0.318 e. The van der Waals surface area contributed by atoms with Crippen LogP contribution in [0.2, 0.25) is 0 Å². The van der Waals surface area contributed by atoms with Crippen LogP contribution in [0.1, 0.15) is 19.8 Å². The molecule has 0 saturated heterocycles. The number of nitrogens with zero attached hydrogens (tertiary/aromatic N) is 2. The lowest BCUT2D eigenvalue weighted by atomic mass is 9.85. The molecule has 1 aliphatic carbocycles. The van der Waals surface area contributed by atoms with Crippen molar-refractivity contribution in [1.29, 1.82) is 0 Å². The number of ether oxygens (including phenoxy) is 1. The molecule has 0 spiro atoms. The maximum absolute atomic E-state index is 5.56. The third kappa shape index (κ3) is 2.72. The first-order chi connectivity index (χ1) is 7.75. The highest BCUT2D eigenvalue weighted by molar-refractivity contribution is 5.26. The molecule has 0 aromatic carbocycles. The second-order valence-corrected chi connectivity index (χ2v) is 4.26. The van der Waals surface area contributed by atoms with E-state index in [1.165, 1.54) is 0 Å². The Morgan fingerprint density at radius 2 is 2.25 bits per heavy atom. The molecule has 1 heterocycles. The Morgan fingerprint density at radius 3 is 3.00 bits per heavy atom. The third-order valence-electron chi connectivity index (χ3n) is 3.00. The second kappa shape index (κ2) is 4.96. The quantitative estimate of drug-likeness (QED) is 0.790. The summed E-state index contributed by atoms with van der Waals surface area (Å²) >= 11 is 0. The largest absolute Gasteiger partial charge is 0.463 e. The minimum absolute atomic E-state index is 0.377. The van der Waals surface area contributed by atoms with E-state index < -0.39 is 0 Å². The van der Waals surface area contributed by atoms with Crippen molar-refractivity contribution in [1.82, 2.24) is 9.97 Å². The normalized spacial score (nSPS) is 24.3. The van der Waals surface area contributed by atoms with Crippen LogP contribution in [0.4, 0.5) is 5.82 Å². The van der Waals surface area contributed by atoms with E-state index in [0.717, 1.165) is 12.8 Å². The summed E-state index contributed by atoms with van der Waals surface area (Å²) < 4.78 is 5.56. The predicted molar refractivity (Wildman–Crippen MR) is 63.0 cm³/mol. The van der Waals surface area contributed by atoms with E-state index >= 15 is 0 Å². The maximum atomic E-state index is 5.56. The lowest BCUT2D eigenvalue weighted by molar-refractivity contribution is 0.186. The Morgan fingerprint density at radius 1 is 1.44 bits per heavy atom. The Hall–Kier alpha value is -1.58. The van der Waals surface area contributed by atoms with Crippen LogP contribution < -0.4 is 10.5 Å². The molecule has 0 saturated carbocycles. The Balaban J connectivity index is 1.89. The van der Waals surface area contributed by atoms with Gasteiger partial charge in [-0.1, -0.05) is 19.1 Å². The lowest BCUT2D eigenvalue weighted by Crippen LogP contribution is -2.21. The Bertz CT molecular complexity index is 378. The first kappa shape index (κ1) is 10.9. The number of aromatic nitrogens is 2. The average molecular weight is 219 g/mol. The molecule has 1 aliphatic rings. The molecule has 0 amide bonds. The van der Waals surface area contributed by atoms with Gasteiger partial charge < -0.3 is 10.5 Å². The molecular formula is C12H17N3O. The van der Waals surface area contributed by atoms with Crippen LogP contribution in [0.15, 0.2) is 24.4 Å². The fourth-order valence-corrected chi connectivity index (χ4v) is 1.84. The molecule has 0 fully saturated rings. The van der Waals surface area contributed by atoms with Crippen LogP contribution in [-0.2, 0) is 0 Å². The molecule has 86 valence electrons. The topological polar surface area (TPSA) is 61.0 Å². The Labute approximate surface area is 95.5 Å². The van der Waals surface area contributed by atoms with E-state index in [1.807, 2.05) is 0 Å². The van der Waals surface area contributed by atoms with Gasteiger partial charge in [0.25, 0.3) is 0 Å². The summed E-state index contributed by atoms with van der Waals surface area (Å²) in [6, 6.07) is 2.03. The summed E-state index contributed by atoms with van der Waals surface area (Å²) in [4.78, 5) is 8.03. The van der Waals surface area contributed by atoms with Crippen LogP contribution >= 0.6 is 0 Å². The van der Waals surface area contributed by atoms with E-state index in [1.54, 1.807) is 12.3 Å². The van der Waals surface area contributed by atoms with Crippen molar-refractivity contribution in [2.24, 2.45) is 11.8 Å². The van der Waals surface area contributed by atoms with E-state index in [9.17, 15) is 0 Å². The molecular weight excluding hydrogens is 202 g/mol. The van der Waals surface area contributed by atoms with Crippen molar-refractivity contribution in [3.63, 3.8) is 0 Å². The highest BCUT2D eigenvalue weighted by atomic mass is 16.5. The van der Waals surface area contributed by atoms with Gasteiger partial charge in [-0.25, -0.2) is 4.98 Å². The zero-order valence-electron chi connectivity index (χ0n) is 9.47. The van der Waals surface area contributed by atoms with Crippen LogP contribution in [0.5, 0.6) is 6.01 Å². The SMILES string of the molecule is CC1CC=CCC1COc1nccc(N)n1. The molecule has 2 unspecified atom stereocenters. The first-order valence-corrected chi connectivity index (χ1v) is 5.62. The number of allylic oxidation sites excluding steroid dienone is 2. The summed E-state index contributed by atoms with van der Waals surface area (Å²) in [5.74, 6) is 1.66. The number of rotatable bonds is 3. The molecule has 2 N–H and O–H groups in total. The number of anilines is 1. The summed E-state index contributed by atoms with van der Waals surface area (Å²) in [5.41, 5.74) is 5.55. The fourth-order valence-electron chi connectivity index (χ4n) is 1.84. The van der Waals surface area contributed by atoms with Gasteiger partial charge in [-0.05, 0) is 30.7 Å². The zero-order valence-corrected chi connectivity index (χ0v) is 9.47. The molecule has 0 radical (unpaired) electrons. The number of nitrogen functional groups attached to an aromatic ring is 1. The van der Waals surface area contributed by atoms with Gasteiger partial charge in [0.15, 0.2) is 0 Å². The van der Waals surface area contributed by atoms with Crippen LogP contribution in [0.3, 0.4) is 0 Å². The van der Waals surface area contributed by atoms with Crippen LogP contribution in [-0.4, -0.2) is 16.6 Å². The molecule has 16 heavy (non-hydrogen) atoms. The van der Waals surface area contributed by atoms with Gasteiger partial charge in [-0.15, -0.1) is 0 Å². The smallest absolute Gasteiger partial charge is 0.318 e. The average Bonchev–Trinajstić information content (AvgIpc) is 2.28. The first-order valence-electron chi connectivity index (χ1n) is 5.62. The highest BCUT2D eigenvalue weighted by Gasteiger charge is 2.19. The minimum atomic E-state index is 0.377. The molecule has 2 atom stereocenters. The van der Waals surface area contributed by atoms with Crippen LogP contribution in [0.25, 0.3) is 0 Å².